The van der Waals surface area contributed by atoms with Crippen LogP contribution in [0.25, 0.3) is 5.69 Å². The molecule has 7 nitrogen and oxygen atoms in total. The smallest absolute Gasteiger partial charge is 0.329 e. The minimum atomic E-state index is -1.15. The lowest BCUT2D eigenvalue weighted by molar-refractivity contribution is -0.137. The first-order chi connectivity index (χ1) is 10.4. The third-order valence-electron chi connectivity index (χ3n) is 2.70. The van der Waals surface area contributed by atoms with E-state index in [2.05, 4.69) is 10.2 Å². The molecule has 0 unspecified atom stereocenters. The summed E-state index contributed by atoms with van der Waals surface area (Å²) in [6, 6.07) is 5.60. The van der Waals surface area contributed by atoms with Crippen LogP contribution in [-0.2, 0) is 9.59 Å². The Balaban J connectivity index is 2.27. The number of nitrogens with two attached hydrogens (primary N) is 1. The number of halogens is 2. The van der Waals surface area contributed by atoms with Gasteiger partial charge in [-0.15, -0.1) is 0 Å². The Morgan fingerprint density at radius 1 is 1.41 bits per heavy atom. The molecule has 0 fully saturated rings. The minimum Gasteiger partial charge on any atom is -0.361 e. The number of aryl methyl sites for hydroxylation is 1. The molecule has 0 spiro atoms. The predicted molar refractivity (Wildman–Crippen MR) is 78.2 cm³/mol. The van der Waals surface area contributed by atoms with Crippen LogP contribution in [0.3, 0.4) is 0 Å². The van der Waals surface area contributed by atoms with Gasteiger partial charge in [-0.3, -0.25) is 9.59 Å². The quantitative estimate of drug-likeness (QED) is 0.498. The summed E-state index contributed by atoms with van der Waals surface area (Å²) in [4.78, 5) is 21.5. The fourth-order valence-electron chi connectivity index (χ4n) is 1.62. The highest BCUT2D eigenvalue weighted by Gasteiger charge is 2.13. The van der Waals surface area contributed by atoms with Crippen molar-refractivity contribution in [1.82, 2.24) is 15.2 Å². The van der Waals surface area contributed by atoms with Crippen molar-refractivity contribution in [1.29, 1.82) is 0 Å². The number of carbonyl (C=O) groups is 2. The number of hydrogen-bond donors (Lipinski definition) is 2. The van der Waals surface area contributed by atoms with E-state index in [1.54, 1.807) is 6.92 Å². The molecule has 0 aliphatic heterocycles. The van der Waals surface area contributed by atoms with Gasteiger partial charge in [-0.2, -0.15) is 10.2 Å². The Morgan fingerprint density at radius 2 is 2.05 bits per heavy atom. The molecule has 0 radical (unpaired) electrons. The highest BCUT2D eigenvalue weighted by atomic mass is 35.5. The van der Waals surface area contributed by atoms with E-state index >= 15 is 0 Å². The number of hydrogen-bond acceptors (Lipinski definition) is 4. The van der Waals surface area contributed by atoms with E-state index < -0.39 is 11.8 Å². The maximum Gasteiger partial charge on any atom is 0.329 e. The van der Waals surface area contributed by atoms with E-state index in [4.69, 9.17) is 17.3 Å². The summed E-state index contributed by atoms with van der Waals surface area (Å²) in [5.74, 6) is -2.57. The molecule has 0 bridgehead atoms. The van der Waals surface area contributed by atoms with E-state index in [0.29, 0.717) is 16.9 Å². The standard InChI is InChI=1S/C13H11ClFN5O2/c1-7-10(6-17-18-13(22)12(16)21)11(14)20(19-7)9-4-2-8(15)3-5-9/h2-6H,1H3,(H2,16,21)(H,18,22)/b17-6-. The summed E-state index contributed by atoms with van der Waals surface area (Å²) in [5.41, 5.74) is 8.26. The van der Waals surface area contributed by atoms with Crippen molar-refractivity contribution in [2.45, 2.75) is 6.92 Å². The summed E-state index contributed by atoms with van der Waals surface area (Å²) in [7, 11) is 0. The molecule has 2 rings (SSSR count). The van der Waals surface area contributed by atoms with Gasteiger partial charge in [0.15, 0.2) is 0 Å². The fourth-order valence-corrected chi connectivity index (χ4v) is 1.94. The summed E-state index contributed by atoms with van der Waals surface area (Å²) >= 11 is 6.19. The van der Waals surface area contributed by atoms with Gasteiger partial charge >= 0.3 is 11.8 Å². The number of aromatic nitrogens is 2. The zero-order valence-electron chi connectivity index (χ0n) is 11.4. The van der Waals surface area contributed by atoms with Gasteiger partial charge in [-0.1, -0.05) is 11.6 Å². The van der Waals surface area contributed by atoms with E-state index in [1.807, 2.05) is 5.43 Å². The largest absolute Gasteiger partial charge is 0.361 e. The first-order valence-corrected chi connectivity index (χ1v) is 6.42. The van der Waals surface area contributed by atoms with Gasteiger partial charge in [0, 0.05) is 0 Å². The van der Waals surface area contributed by atoms with Crippen LogP contribution in [0.2, 0.25) is 5.15 Å². The highest BCUT2D eigenvalue weighted by Crippen LogP contribution is 2.22. The van der Waals surface area contributed by atoms with E-state index in [-0.39, 0.29) is 11.0 Å². The second kappa shape index (κ2) is 6.35. The number of hydrazone groups is 1. The molecule has 114 valence electrons. The number of primary amides is 1. The average molecular weight is 324 g/mol. The summed E-state index contributed by atoms with van der Waals surface area (Å²) < 4.78 is 14.3. The maximum absolute atomic E-state index is 12.9. The number of nitrogens with zero attached hydrogens (tertiary/aromatic N) is 3. The molecule has 2 aromatic rings. The molecule has 0 saturated carbocycles. The van der Waals surface area contributed by atoms with Gasteiger partial charge in [0.1, 0.15) is 11.0 Å². The number of rotatable bonds is 3. The molecule has 0 atom stereocenters. The Labute approximate surface area is 129 Å². The van der Waals surface area contributed by atoms with E-state index in [0.717, 1.165) is 0 Å². The van der Waals surface area contributed by atoms with Crippen molar-refractivity contribution in [3.63, 3.8) is 0 Å². The van der Waals surface area contributed by atoms with Crippen molar-refractivity contribution in [3.8, 4) is 5.69 Å². The Morgan fingerprint density at radius 3 is 2.64 bits per heavy atom. The third kappa shape index (κ3) is 3.29. The minimum absolute atomic E-state index is 0.223. The van der Waals surface area contributed by atoms with Crippen LogP contribution in [0.5, 0.6) is 0 Å². The number of benzene rings is 1. The summed E-state index contributed by atoms with van der Waals surface area (Å²) in [6.45, 7) is 1.68. The maximum atomic E-state index is 12.9. The molecular formula is C13H11ClFN5O2. The van der Waals surface area contributed by atoms with Gasteiger partial charge in [0.05, 0.1) is 23.2 Å². The molecule has 0 saturated heterocycles. The van der Waals surface area contributed by atoms with Crippen LogP contribution in [0.4, 0.5) is 4.39 Å². The van der Waals surface area contributed by atoms with Crippen molar-refractivity contribution < 1.29 is 14.0 Å². The molecule has 22 heavy (non-hydrogen) atoms. The zero-order chi connectivity index (χ0) is 16.3. The van der Waals surface area contributed by atoms with Crippen molar-refractivity contribution >= 4 is 29.6 Å². The topological polar surface area (TPSA) is 102 Å². The van der Waals surface area contributed by atoms with Gasteiger partial charge < -0.3 is 5.73 Å². The van der Waals surface area contributed by atoms with Crippen LogP contribution in [0, 0.1) is 12.7 Å². The van der Waals surface area contributed by atoms with Gasteiger partial charge in [0.2, 0.25) is 0 Å². The van der Waals surface area contributed by atoms with E-state index in [9.17, 15) is 14.0 Å². The second-order valence-corrected chi connectivity index (χ2v) is 4.60. The van der Waals surface area contributed by atoms with Crippen LogP contribution in [0.15, 0.2) is 29.4 Å². The lowest BCUT2D eigenvalue weighted by Gasteiger charge is -2.02. The monoisotopic (exact) mass is 323 g/mol. The Bertz CT molecular complexity index is 755. The lowest BCUT2D eigenvalue weighted by atomic mass is 10.3. The summed E-state index contributed by atoms with van der Waals surface area (Å²) in [6.07, 6.45) is 1.24. The SMILES string of the molecule is Cc1nn(-c2ccc(F)cc2)c(Cl)c1/C=N\NC(=O)C(N)=O. The normalized spacial score (nSPS) is 10.9. The van der Waals surface area contributed by atoms with Crippen molar-refractivity contribution in [2.75, 3.05) is 0 Å². The highest BCUT2D eigenvalue weighted by molar-refractivity contribution is 6.34. The van der Waals surface area contributed by atoms with Crippen LogP contribution in [-0.4, -0.2) is 27.8 Å². The molecule has 2 amide bonds. The molecule has 3 N–H and O–H groups in total. The number of amides is 2. The average Bonchev–Trinajstić information content (AvgIpc) is 2.75. The zero-order valence-corrected chi connectivity index (χ0v) is 12.1. The van der Waals surface area contributed by atoms with Crippen LogP contribution in [0.1, 0.15) is 11.3 Å². The van der Waals surface area contributed by atoms with Gasteiger partial charge in [0.25, 0.3) is 0 Å². The second-order valence-electron chi connectivity index (χ2n) is 4.24. The molecule has 1 aromatic carbocycles. The van der Waals surface area contributed by atoms with Gasteiger partial charge in [-0.05, 0) is 31.2 Å². The van der Waals surface area contributed by atoms with Gasteiger partial charge in [-0.25, -0.2) is 14.5 Å². The lowest BCUT2D eigenvalue weighted by Crippen LogP contribution is -2.32. The molecule has 0 aliphatic carbocycles. The van der Waals surface area contributed by atoms with Crippen molar-refractivity contribution in [3.05, 3.63) is 46.5 Å². The van der Waals surface area contributed by atoms with E-state index in [1.165, 1.54) is 35.2 Å². The molecule has 1 aromatic heterocycles. The first kappa shape index (κ1) is 15.6. The van der Waals surface area contributed by atoms with Crippen LogP contribution < -0.4 is 11.2 Å². The molecular weight excluding hydrogens is 313 g/mol. The van der Waals surface area contributed by atoms with Crippen LogP contribution >= 0.6 is 11.6 Å². The Kier molecular flexibility index (Phi) is 4.52. The molecule has 1 heterocycles. The predicted octanol–water partition coefficient (Wildman–Crippen LogP) is 0.909. The first-order valence-electron chi connectivity index (χ1n) is 6.04. The summed E-state index contributed by atoms with van der Waals surface area (Å²) in [5, 5.41) is 8.02. The molecule has 9 heteroatoms. The third-order valence-corrected chi connectivity index (χ3v) is 3.07. The number of nitrogens with one attached hydrogen (secondary N) is 1. The molecule has 0 aliphatic rings. The Hall–Kier alpha value is -2.74. The fraction of sp³-hybridized carbons (Fsp3) is 0.0769. The van der Waals surface area contributed by atoms with Crippen molar-refractivity contribution in [2.24, 2.45) is 10.8 Å². The number of carbonyl (C=O) groups excluding carboxylic acids is 2.